The van der Waals surface area contributed by atoms with Crippen LogP contribution in [0.5, 0.6) is 5.75 Å². The van der Waals surface area contributed by atoms with Gasteiger partial charge in [-0.05, 0) is 25.5 Å². The van der Waals surface area contributed by atoms with E-state index < -0.39 is 5.60 Å². The summed E-state index contributed by atoms with van der Waals surface area (Å²) in [5.41, 5.74) is 0.354. The summed E-state index contributed by atoms with van der Waals surface area (Å²) in [5.74, 6) is 0.713. The van der Waals surface area contributed by atoms with Crippen molar-refractivity contribution in [3.63, 3.8) is 0 Å². The second-order valence-corrected chi connectivity index (χ2v) is 4.43. The van der Waals surface area contributed by atoms with Crippen LogP contribution < -0.4 is 4.74 Å². The number of hydrogen-bond acceptors (Lipinski definition) is 3. The van der Waals surface area contributed by atoms with Gasteiger partial charge in [0.25, 0.3) is 0 Å². The van der Waals surface area contributed by atoms with Crippen molar-refractivity contribution in [3.8, 4) is 5.75 Å². The van der Waals surface area contributed by atoms with Crippen LogP contribution in [-0.2, 0) is 5.60 Å². The lowest BCUT2D eigenvalue weighted by Gasteiger charge is -2.25. The molecule has 1 aromatic carbocycles. The first-order valence-electron chi connectivity index (χ1n) is 6.13. The molecule has 1 aromatic heterocycles. The van der Waals surface area contributed by atoms with Crippen molar-refractivity contribution >= 4 is 0 Å². The standard InChI is InChI=1S/C15H18O3/c1-3-9-18-14-7-5-4-6-13(14)15(2,16)12-8-10-17-11-12/h4-8,10-11,16H,3,9H2,1-2H3. The molecule has 0 saturated heterocycles. The summed E-state index contributed by atoms with van der Waals surface area (Å²) < 4.78 is 10.7. The molecule has 18 heavy (non-hydrogen) atoms. The molecule has 1 heterocycles. The number of aliphatic hydroxyl groups is 1. The molecule has 3 nitrogen and oxygen atoms in total. The number of benzene rings is 1. The van der Waals surface area contributed by atoms with Crippen LogP contribution in [0.15, 0.2) is 47.3 Å². The van der Waals surface area contributed by atoms with E-state index in [9.17, 15) is 5.11 Å². The molecule has 0 amide bonds. The topological polar surface area (TPSA) is 42.6 Å². The van der Waals surface area contributed by atoms with Crippen LogP contribution in [0.1, 0.15) is 31.4 Å². The molecule has 0 aliphatic rings. The maximum absolute atomic E-state index is 10.7. The second-order valence-electron chi connectivity index (χ2n) is 4.43. The van der Waals surface area contributed by atoms with Crippen LogP contribution in [-0.4, -0.2) is 11.7 Å². The highest BCUT2D eigenvalue weighted by Gasteiger charge is 2.29. The normalized spacial score (nSPS) is 14.2. The molecule has 0 bridgehead atoms. The second kappa shape index (κ2) is 5.27. The lowest BCUT2D eigenvalue weighted by atomic mass is 9.89. The molecule has 0 radical (unpaired) electrons. The highest BCUT2D eigenvalue weighted by Crippen LogP contribution is 2.35. The van der Waals surface area contributed by atoms with Crippen LogP contribution in [0.2, 0.25) is 0 Å². The fourth-order valence-corrected chi connectivity index (χ4v) is 1.90. The Morgan fingerprint density at radius 1 is 1.28 bits per heavy atom. The van der Waals surface area contributed by atoms with Gasteiger partial charge in [0.05, 0.1) is 19.1 Å². The van der Waals surface area contributed by atoms with E-state index in [2.05, 4.69) is 6.92 Å². The largest absolute Gasteiger partial charge is 0.493 e. The van der Waals surface area contributed by atoms with Gasteiger partial charge in [0.1, 0.15) is 11.4 Å². The number of furan rings is 1. The van der Waals surface area contributed by atoms with E-state index in [0.717, 1.165) is 17.5 Å². The Balaban J connectivity index is 2.37. The lowest BCUT2D eigenvalue weighted by molar-refractivity contribution is 0.0971. The third-order valence-electron chi connectivity index (χ3n) is 2.96. The number of rotatable bonds is 5. The molecule has 0 spiro atoms. The SMILES string of the molecule is CCCOc1ccccc1C(C)(O)c1ccoc1. The van der Waals surface area contributed by atoms with Crippen LogP contribution >= 0.6 is 0 Å². The van der Waals surface area contributed by atoms with Gasteiger partial charge in [0, 0.05) is 11.1 Å². The molecule has 96 valence electrons. The summed E-state index contributed by atoms with van der Waals surface area (Å²) in [6.07, 6.45) is 4.04. The molecular weight excluding hydrogens is 228 g/mol. The van der Waals surface area contributed by atoms with E-state index in [4.69, 9.17) is 9.15 Å². The third-order valence-corrected chi connectivity index (χ3v) is 2.96. The lowest BCUT2D eigenvalue weighted by Crippen LogP contribution is -2.23. The van der Waals surface area contributed by atoms with Crippen LogP contribution in [0.3, 0.4) is 0 Å². The zero-order chi connectivity index (χ0) is 13.0. The Hall–Kier alpha value is -1.74. The minimum atomic E-state index is -1.11. The summed E-state index contributed by atoms with van der Waals surface area (Å²) in [6.45, 7) is 4.43. The molecule has 1 N–H and O–H groups in total. The van der Waals surface area contributed by atoms with Crippen molar-refractivity contribution in [1.82, 2.24) is 0 Å². The monoisotopic (exact) mass is 246 g/mol. The molecule has 1 unspecified atom stereocenters. The van der Waals surface area contributed by atoms with Crippen LogP contribution in [0, 0.1) is 0 Å². The molecule has 0 fully saturated rings. The first kappa shape index (κ1) is 12.7. The summed E-state index contributed by atoms with van der Waals surface area (Å²) in [6, 6.07) is 9.30. The Labute approximate surface area is 107 Å². The molecular formula is C15H18O3. The van der Waals surface area contributed by atoms with Crippen LogP contribution in [0.25, 0.3) is 0 Å². The highest BCUT2D eigenvalue weighted by atomic mass is 16.5. The van der Waals surface area contributed by atoms with E-state index in [-0.39, 0.29) is 0 Å². The van der Waals surface area contributed by atoms with Gasteiger partial charge in [-0.25, -0.2) is 0 Å². The van der Waals surface area contributed by atoms with Gasteiger partial charge in [-0.1, -0.05) is 25.1 Å². The number of hydrogen-bond donors (Lipinski definition) is 1. The zero-order valence-electron chi connectivity index (χ0n) is 10.7. The number of ether oxygens (including phenoxy) is 1. The van der Waals surface area contributed by atoms with E-state index in [1.807, 2.05) is 24.3 Å². The quantitative estimate of drug-likeness (QED) is 0.880. The fraction of sp³-hybridized carbons (Fsp3) is 0.333. The first-order chi connectivity index (χ1) is 8.66. The maximum Gasteiger partial charge on any atom is 0.125 e. The molecule has 0 aliphatic carbocycles. The van der Waals surface area contributed by atoms with Gasteiger partial charge in [-0.3, -0.25) is 0 Å². The summed E-state index contributed by atoms with van der Waals surface area (Å²) in [5, 5.41) is 10.7. The fourth-order valence-electron chi connectivity index (χ4n) is 1.90. The molecule has 0 aliphatic heterocycles. The van der Waals surface area contributed by atoms with Crippen molar-refractivity contribution in [1.29, 1.82) is 0 Å². The van der Waals surface area contributed by atoms with Gasteiger partial charge in [0.2, 0.25) is 0 Å². The summed E-state index contributed by atoms with van der Waals surface area (Å²) >= 11 is 0. The van der Waals surface area contributed by atoms with Gasteiger partial charge < -0.3 is 14.3 Å². The van der Waals surface area contributed by atoms with Gasteiger partial charge in [0.15, 0.2) is 0 Å². The van der Waals surface area contributed by atoms with E-state index in [1.165, 1.54) is 0 Å². The zero-order valence-corrected chi connectivity index (χ0v) is 10.7. The van der Waals surface area contributed by atoms with Crippen molar-refractivity contribution in [3.05, 3.63) is 54.0 Å². The minimum absolute atomic E-state index is 0.637. The Morgan fingerprint density at radius 3 is 2.72 bits per heavy atom. The third kappa shape index (κ3) is 2.41. The van der Waals surface area contributed by atoms with E-state index in [1.54, 1.807) is 25.5 Å². The molecule has 2 rings (SSSR count). The average Bonchev–Trinajstić information content (AvgIpc) is 2.91. The van der Waals surface area contributed by atoms with Crippen molar-refractivity contribution in [2.75, 3.05) is 6.61 Å². The highest BCUT2D eigenvalue weighted by molar-refractivity contribution is 5.43. The van der Waals surface area contributed by atoms with Crippen LogP contribution in [0.4, 0.5) is 0 Å². The van der Waals surface area contributed by atoms with Gasteiger partial charge in [-0.15, -0.1) is 0 Å². The predicted octanol–water partition coefficient (Wildman–Crippen LogP) is 3.32. The molecule has 0 saturated carbocycles. The molecule has 3 heteroatoms. The Kier molecular flexibility index (Phi) is 3.72. The maximum atomic E-state index is 10.7. The van der Waals surface area contributed by atoms with Crippen molar-refractivity contribution < 1.29 is 14.3 Å². The predicted molar refractivity (Wildman–Crippen MR) is 69.6 cm³/mol. The van der Waals surface area contributed by atoms with Crippen molar-refractivity contribution in [2.24, 2.45) is 0 Å². The molecule has 2 aromatic rings. The van der Waals surface area contributed by atoms with Crippen molar-refractivity contribution in [2.45, 2.75) is 25.9 Å². The first-order valence-corrected chi connectivity index (χ1v) is 6.13. The Bertz CT molecular complexity index is 486. The van der Waals surface area contributed by atoms with E-state index in [0.29, 0.717) is 12.4 Å². The number of para-hydroxylation sites is 1. The summed E-state index contributed by atoms with van der Waals surface area (Å²) in [4.78, 5) is 0. The molecule has 1 atom stereocenters. The smallest absolute Gasteiger partial charge is 0.125 e. The van der Waals surface area contributed by atoms with Gasteiger partial charge in [-0.2, -0.15) is 0 Å². The Morgan fingerprint density at radius 2 is 2.06 bits per heavy atom. The van der Waals surface area contributed by atoms with E-state index >= 15 is 0 Å². The summed E-state index contributed by atoms with van der Waals surface area (Å²) in [7, 11) is 0. The minimum Gasteiger partial charge on any atom is -0.493 e. The van der Waals surface area contributed by atoms with Gasteiger partial charge >= 0.3 is 0 Å². The average molecular weight is 246 g/mol.